The molecule has 3 rings (SSSR count). The average molecular weight is 376 g/mol. The number of aromatic nitrogens is 4. The zero-order valence-electron chi connectivity index (χ0n) is 16.4. The Morgan fingerprint density at radius 3 is 2.56 bits per heavy atom. The Kier molecular flexibility index (Phi) is 5.50. The van der Waals surface area contributed by atoms with Gasteiger partial charge in [0, 0.05) is 40.3 Å². The van der Waals surface area contributed by atoms with Crippen molar-refractivity contribution >= 4 is 17.1 Å². The van der Waals surface area contributed by atoms with E-state index in [2.05, 4.69) is 29.0 Å². The maximum Gasteiger partial charge on any atom is 0.332 e. The fourth-order valence-electron chi connectivity index (χ4n) is 4.06. The molecule has 2 aromatic heterocycles. The number of aryl methyl sites for hydroxylation is 2. The summed E-state index contributed by atoms with van der Waals surface area (Å²) in [5.41, 5.74) is -0.416. The summed E-state index contributed by atoms with van der Waals surface area (Å²) >= 11 is 0. The van der Waals surface area contributed by atoms with Crippen LogP contribution in [-0.4, -0.2) is 55.7 Å². The van der Waals surface area contributed by atoms with Crippen molar-refractivity contribution in [1.82, 2.24) is 28.9 Å². The van der Waals surface area contributed by atoms with E-state index in [4.69, 9.17) is 0 Å². The normalized spacial score (nSPS) is 20.9. The highest BCUT2D eigenvalue weighted by Gasteiger charge is 2.21. The molecule has 9 heteroatoms. The molecule has 0 bridgehead atoms. The van der Waals surface area contributed by atoms with Crippen molar-refractivity contribution in [1.29, 1.82) is 0 Å². The first-order chi connectivity index (χ1) is 12.8. The summed E-state index contributed by atoms with van der Waals surface area (Å²) in [5.74, 6) is 0.988. The monoisotopic (exact) mass is 376 g/mol. The van der Waals surface area contributed by atoms with Crippen LogP contribution < -0.4 is 16.6 Å². The molecule has 1 fully saturated rings. The van der Waals surface area contributed by atoms with Crippen LogP contribution in [0.4, 0.5) is 0 Å². The third-order valence-corrected chi connectivity index (χ3v) is 5.20. The summed E-state index contributed by atoms with van der Waals surface area (Å²) in [5, 5.41) is 2.83. The molecule has 1 saturated heterocycles. The first kappa shape index (κ1) is 19.3. The number of carbonyl (C=O) groups is 1. The van der Waals surface area contributed by atoms with Crippen molar-refractivity contribution < 1.29 is 4.79 Å². The molecule has 0 spiro atoms. The van der Waals surface area contributed by atoms with Gasteiger partial charge in [0.2, 0.25) is 5.91 Å². The average Bonchev–Trinajstić information content (AvgIpc) is 2.98. The third kappa shape index (κ3) is 3.97. The fraction of sp³-hybridized carbons (Fsp3) is 0.667. The number of amides is 1. The molecule has 1 N–H and O–H groups in total. The zero-order chi connectivity index (χ0) is 19.7. The minimum absolute atomic E-state index is 0.292. The first-order valence-electron chi connectivity index (χ1n) is 9.37. The number of hydrogen-bond donors (Lipinski definition) is 1. The lowest BCUT2D eigenvalue weighted by atomic mass is 9.92. The Morgan fingerprint density at radius 1 is 1.22 bits per heavy atom. The largest absolute Gasteiger partial charge is 0.353 e. The summed E-state index contributed by atoms with van der Waals surface area (Å²) in [7, 11) is 3.23. The number of carbonyl (C=O) groups excluding carboxylic acids is 1. The van der Waals surface area contributed by atoms with Crippen LogP contribution >= 0.6 is 0 Å². The minimum Gasteiger partial charge on any atom is -0.353 e. The Morgan fingerprint density at radius 2 is 1.89 bits per heavy atom. The SMILES string of the molecule is CC1CC(C)CN(CCNC(=O)Cn2c(=O)c3c(ncn3C)n(C)c2=O)C1. The van der Waals surface area contributed by atoms with Gasteiger partial charge in [-0.3, -0.25) is 14.2 Å². The zero-order valence-corrected chi connectivity index (χ0v) is 16.4. The van der Waals surface area contributed by atoms with Gasteiger partial charge in [-0.25, -0.2) is 14.3 Å². The van der Waals surface area contributed by atoms with Gasteiger partial charge in [0.05, 0.1) is 6.33 Å². The highest BCUT2D eigenvalue weighted by atomic mass is 16.2. The topological polar surface area (TPSA) is 94.2 Å². The van der Waals surface area contributed by atoms with Crippen molar-refractivity contribution in [3.05, 3.63) is 27.2 Å². The molecule has 0 aromatic carbocycles. The van der Waals surface area contributed by atoms with Gasteiger partial charge in [0.25, 0.3) is 5.56 Å². The number of rotatable bonds is 5. The third-order valence-electron chi connectivity index (χ3n) is 5.20. The van der Waals surface area contributed by atoms with Crippen molar-refractivity contribution in [2.45, 2.75) is 26.8 Å². The van der Waals surface area contributed by atoms with Gasteiger partial charge in [0.1, 0.15) is 6.54 Å². The Bertz CT molecular complexity index is 946. The second-order valence-corrected chi connectivity index (χ2v) is 7.82. The molecule has 0 saturated carbocycles. The number of imidazole rings is 1. The molecule has 1 aliphatic rings. The molecule has 0 radical (unpaired) electrons. The maximum absolute atomic E-state index is 12.6. The van der Waals surface area contributed by atoms with E-state index in [-0.39, 0.29) is 12.5 Å². The maximum atomic E-state index is 12.6. The van der Waals surface area contributed by atoms with E-state index in [1.807, 2.05) is 0 Å². The van der Waals surface area contributed by atoms with E-state index < -0.39 is 11.2 Å². The van der Waals surface area contributed by atoms with E-state index in [9.17, 15) is 14.4 Å². The number of nitrogens with one attached hydrogen (secondary N) is 1. The van der Waals surface area contributed by atoms with Crippen LogP contribution in [0.15, 0.2) is 15.9 Å². The molecule has 1 amide bonds. The minimum atomic E-state index is -0.542. The lowest BCUT2D eigenvalue weighted by molar-refractivity contribution is -0.121. The summed E-state index contributed by atoms with van der Waals surface area (Å²) in [6, 6.07) is 0. The van der Waals surface area contributed by atoms with Crippen molar-refractivity contribution in [2.75, 3.05) is 26.2 Å². The van der Waals surface area contributed by atoms with Gasteiger partial charge < -0.3 is 14.8 Å². The van der Waals surface area contributed by atoms with Gasteiger partial charge in [0.15, 0.2) is 11.2 Å². The Balaban J connectivity index is 1.65. The molecular formula is C18H28N6O3. The van der Waals surface area contributed by atoms with Crippen LogP contribution in [-0.2, 0) is 25.4 Å². The summed E-state index contributed by atoms with van der Waals surface area (Å²) in [6.45, 7) is 7.56. The molecular weight excluding hydrogens is 348 g/mol. The van der Waals surface area contributed by atoms with E-state index >= 15 is 0 Å². The quantitative estimate of drug-likeness (QED) is 0.761. The lowest BCUT2D eigenvalue weighted by Gasteiger charge is -2.34. The van der Waals surface area contributed by atoms with Crippen LogP contribution in [0.1, 0.15) is 20.3 Å². The number of nitrogens with zero attached hydrogens (tertiary/aromatic N) is 5. The van der Waals surface area contributed by atoms with Gasteiger partial charge in [-0.05, 0) is 18.3 Å². The van der Waals surface area contributed by atoms with E-state index in [0.717, 1.165) is 24.2 Å². The van der Waals surface area contributed by atoms with Crippen molar-refractivity contribution in [3.63, 3.8) is 0 Å². The molecule has 3 heterocycles. The predicted molar refractivity (Wildman–Crippen MR) is 103 cm³/mol. The van der Waals surface area contributed by atoms with E-state index in [1.54, 1.807) is 18.7 Å². The molecule has 1 aliphatic heterocycles. The predicted octanol–water partition coefficient (Wildman–Crippen LogP) is -0.472. The Labute approximate surface area is 157 Å². The fourth-order valence-corrected chi connectivity index (χ4v) is 4.06. The summed E-state index contributed by atoms with van der Waals surface area (Å²) in [6.07, 6.45) is 2.72. The lowest BCUT2D eigenvalue weighted by Crippen LogP contribution is -2.46. The number of piperidine rings is 1. The van der Waals surface area contributed by atoms with E-state index in [1.165, 1.54) is 17.3 Å². The van der Waals surface area contributed by atoms with Gasteiger partial charge in [-0.1, -0.05) is 13.8 Å². The van der Waals surface area contributed by atoms with Crippen molar-refractivity contribution in [3.8, 4) is 0 Å². The molecule has 2 aromatic rings. The van der Waals surface area contributed by atoms with Crippen LogP contribution in [0.3, 0.4) is 0 Å². The number of hydrogen-bond acceptors (Lipinski definition) is 5. The molecule has 2 atom stereocenters. The summed E-state index contributed by atoms with van der Waals surface area (Å²) < 4.78 is 3.81. The molecule has 0 aliphatic carbocycles. The Hall–Kier alpha value is -2.42. The second-order valence-electron chi connectivity index (χ2n) is 7.82. The van der Waals surface area contributed by atoms with Crippen LogP contribution in [0.5, 0.6) is 0 Å². The highest BCUT2D eigenvalue weighted by molar-refractivity contribution is 5.76. The van der Waals surface area contributed by atoms with Gasteiger partial charge in [-0.2, -0.15) is 0 Å². The van der Waals surface area contributed by atoms with Crippen LogP contribution in [0.2, 0.25) is 0 Å². The van der Waals surface area contributed by atoms with Crippen LogP contribution in [0, 0.1) is 11.8 Å². The molecule has 2 unspecified atom stereocenters. The molecule has 9 nitrogen and oxygen atoms in total. The molecule has 27 heavy (non-hydrogen) atoms. The number of likely N-dealkylation sites (tertiary alicyclic amines) is 1. The smallest absolute Gasteiger partial charge is 0.332 e. The highest BCUT2D eigenvalue weighted by Crippen LogP contribution is 2.20. The van der Waals surface area contributed by atoms with E-state index in [0.29, 0.717) is 29.5 Å². The van der Waals surface area contributed by atoms with Gasteiger partial charge in [-0.15, -0.1) is 0 Å². The second kappa shape index (κ2) is 7.67. The van der Waals surface area contributed by atoms with Crippen molar-refractivity contribution in [2.24, 2.45) is 25.9 Å². The molecule has 148 valence electrons. The first-order valence-corrected chi connectivity index (χ1v) is 9.37. The standard InChI is InChI=1S/C18H28N6O3/c1-12-7-13(2)9-23(8-12)6-5-19-14(25)10-24-17(26)15-16(20-11-21(15)3)22(4)18(24)27/h11-13H,5-10H2,1-4H3,(H,19,25). The number of fused-ring (bicyclic) bond motifs is 1. The summed E-state index contributed by atoms with van der Waals surface area (Å²) in [4.78, 5) is 43.8. The van der Waals surface area contributed by atoms with Crippen LogP contribution in [0.25, 0.3) is 11.2 Å². The van der Waals surface area contributed by atoms with Gasteiger partial charge >= 0.3 is 5.69 Å².